The molecule has 1 saturated heterocycles. The van der Waals surface area contributed by atoms with Crippen LogP contribution in [0.3, 0.4) is 0 Å². The van der Waals surface area contributed by atoms with Gasteiger partial charge < -0.3 is 15.5 Å². The Bertz CT molecular complexity index is 761. The van der Waals surface area contributed by atoms with Crippen molar-refractivity contribution in [2.45, 2.75) is 25.7 Å². The van der Waals surface area contributed by atoms with Gasteiger partial charge in [0.25, 0.3) is 5.91 Å². The van der Waals surface area contributed by atoms with E-state index in [1.165, 1.54) is 5.56 Å². The number of carbonyl (C=O) groups is 1. The van der Waals surface area contributed by atoms with E-state index in [9.17, 15) is 4.79 Å². The minimum Gasteiger partial charge on any atom is -0.357 e. The molecule has 5 nitrogen and oxygen atoms in total. The maximum atomic E-state index is 12.1. The van der Waals surface area contributed by atoms with E-state index in [2.05, 4.69) is 52.8 Å². The molecule has 0 aromatic heterocycles. The summed E-state index contributed by atoms with van der Waals surface area (Å²) in [6.45, 7) is 6.31. The van der Waals surface area contributed by atoms with Crippen LogP contribution in [0.4, 0.5) is 0 Å². The lowest BCUT2D eigenvalue weighted by Gasteiger charge is -2.21. The Morgan fingerprint density at radius 1 is 1.07 bits per heavy atom. The molecule has 0 saturated carbocycles. The third kappa shape index (κ3) is 5.59. The maximum Gasteiger partial charge on any atom is 0.251 e. The number of nitrogens with one attached hydrogen (secondary N) is 2. The molecule has 5 heteroatoms. The average molecular weight is 379 g/mol. The van der Waals surface area contributed by atoms with Gasteiger partial charge in [-0.15, -0.1) is 0 Å². The number of amides is 1. The molecule has 2 N–H and O–H groups in total. The summed E-state index contributed by atoms with van der Waals surface area (Å²) in [6, 6.07) is 20.0. The average Bonchev–Trinajstić information content (AvgIpc) is 3.24. The van der Waals surface area contributed by atoms with Crippen LogP contribution in [0.1, 0.15) is 41.6 Å². The lowest BCUT2D eigenvalue weighted by atomic mass is 9.99. The molecule has 0 aliphatic carbocycles. The molecule has 1 atom stereocenters. The van der Waals surface area contributed by atoms with E-state index in [0.717, 1.165) is 38.4 Å². The first-order valence-corrected chi connectivity index (χ1v) is 10.2. The van der Waals surface area contributed by atoms with Gasteiger partial charge in [-0.05, 0) is 37.5 Å². The van der Waals surface area contributed by atoms with Crippen molar-refractivity contribution < 1.29 is 4.79 Å². The summed E-state index contributed by atoms with van der Waals surface area (Å²) in [6.07, 6.45) is 1.98. The SMILES string of the molecule is CCNC(=NCCCNC(=O)c1ccccc1)N1CCC(c2ccccc2)C1. The van der Waals surface area contributed by atoms with E-state index in [0.29, 0.717) is 24.6 Å². The molecule has 1 unspecified atom stereocenters. The van der Waals surface area contributed by atoms with E-state index >= 15 is 0 Å². The van der Waals surface area contributed by atoms with E-state index in [1.807, 2.05) is 30.3 Å². The normalized spacial score (nSPS) is 16.8. The molecule has 3 rings (SSSR count). The fourth-order valence-electron chi connectivity index (χ4n) is 3.53. The molecule has 28 heavy (non-hydrogen) atoms. The molecule has 2 aromatic carbocycles. The van der Waals surface area contributed by atoms with Gasteiger partial charge in [0.05, 0.1) is 0 Å². The summed E-state index contributed by atoms with van der Waals surface area (Å²) < 4.78 is 0. The van der Waals surface area contributed by atoms with Crippen LogP contribution in [-0.2, 0) is 0 Å². The molecule has 148 valence electrons. The van der Waals surface area contributed by atoms with Crippen LogP contribution in [0.5, 0.6) is 0 Å². The highest BCUT2D eigenvalue weighted by molar-refractivity contribution is 5.94. The molecule has 1 aliphatic heterocycles. The van der Waals surface area contributed by atoms with E-state index < -0.39 is 0 Å². The highest BCUT2D eigenvalue weighted by atomic mass is 16.1. The van der Waals surface area contributed by atoms with Gasteiger partial charge in [0.1, 0.15) is 0 Å². The number of carbonyl (C=O) groups excluding carboxylic acids is 1. The number of aliphatic imine (C=N–C) groups is 1. The topological polar surface area (TPSA) is 56.7 Å². The van der Waals surface area contributed by atoms with Crippen LogP contribution in [0, 0.1) is 0 Å². The fraction of sp³-hybridized carbons (Fsp3) is 0.391. The Morgan fingerprint density at radius 2 is 1.79 bits per heavy atom. The van der Waals surface area contributed by atoms with Crippen molar-refractivity contribution in [2.24, 2.45) is 4.99 Å². The zero-order chi connectivity index (χ0) is 19.6. The van der Waals surface area contributed by atoms with Gasteiger partial charge in [-0.1, -0.05) is 48.5 Å². The van der Waals surface area contributed by atoms with E-state index in [4.69, 9.17) is 4.99 Å². The first kappa shape index (κ1) is 19.9. The zero-order valence-electron chi connectivity index (χ0n) is 16.6. The van der Waals surface area contributed by atoms with Crippen LogP contribution in [-0.4, -0.2) is 49.5 Å². The number of guanidine groups is 1. The molecule has 0 spiro atoms. The largest absolute Gasteiger partial charge is 0.357 e. The molecule has 2 aromatic rings. The number of benzene rings is 2. The van der Waals surface area contributed by atoms with Gasteiger partial charge in [-0.25, -0.2) is 0 Å². The monoisotopic (exact) mass is 378 g/mol. The number of rotatable bonds is 7. The summed E-state index contributed by atoms with van der Waals surface area (Å²) in [5.74, 6) is 1.52. The Labute approximate surface area is 167 Å². The molecule has 1 amide bonds. The Hall–Kier alpha value is -2.82. The van der Waals surface area contributed by atoms with Crippen molar-refractivity contribution in [2.75, 3.05) is 32.7 Å². The fourth-order valence-corrected chi connectivity index (χ4v) is 3.53. The van der Waals surface area contributed by atoms with Gasteiger partial charge in [0.2, 0.25) is 0 Å². The van der Waals surface area contributed by atoms with Crippen molar-refractivity contribution >= 4 is 11.9 Å². The standard InChI is InChI=1S/C23H30N4O/c1-2-24-23(27-17-14-21(18-27)19-10-5-3-6-11-19)26-16-9-15-25-22(28)20-12-7-4-8-13-20/h3-8,10-13,21H,2,9,14-18H2,1H3,(H,24,26)(H,25,28). The number of nitrogens with zero attached hydrogens (tertiary/aromatic N) is 2. The van der Waals surface area contributed by atoms with Gasteiger partial charge in [0, 0.05) is 44.2 Å². The lowest BCUT2D eigenvalue weighted by Crippen LogP contribution is -2.40. The van der Waals surface area contributed by atoms with Crippen LogP contribution in [0.25, 0.3) is 0 Å². The van der Waals surface area contributed by atoms with Crippen LogP contribution < -0.4 is 10.6 Å². The molecule has 0 radical (unpaired) electrons. The molecule has 1 fully saturated rings. The second-order valence-corrected chi connectivity index (χ2v) is 7.05. The minimum absolute atomic E-state index is 0.0262. The second kappa shape index (κ2) is 10.5. The highest BCUT2D eigenvalue weighted by Crippen LogP contribution is 2.26. The first-order valence-electron chi connectivity index (χ1n) is 10.2. The molecule has 0 bridgehead atoms. The summed E-state index contributed by atoms with van der Waals surface area (Å²) >= 11 is 0. The highest BCUT2D eigenvalue weighted by Gasteiger charge is 2.25. The summed E-state index contributed by atoms with van der Waals surface area (Å²) in [5, 5.41) is 6.37. The smallest absolute Gasteiger partial charge is 0.251 e. The van der Waals surface area contributed by atoms with Gasteiger partial charge in [0.15, 0.2) is 5.96 Å². The van der Waals surface area contributed by atoms with Crippen molar-refractivity contribution in [3.63, 3.8) is 0 Å². The lowest BCUT2D eigenvalue weighted by molar-refractivity contribution is 0.0953. The van der Waals surface area contributed by atoms with Crippen LogP contribution in [0.2, 0.25) is 0 Å². The van der Waals surface area contributed by atoms with E-state index in [1.54, 1.807) is 0 Å². The minimum atomic E-state index is -0.0262. The number of likely N-dealkylation sites (tertiary alicyclic amines) is 1. The summed E-state index contributed by atoms with van der Waals surface area (Å²) in [4.78, 5) is 19.2. The maximum absolute atomic E-state index is 12.1. The predicted octanol–water partition coefficient (Wildman–Crippen LogP) is 3.26. The second-order valence-electron chi connectivity index (χ2n) is 7.05. The Balaban J connectivity index is 1.46. The predicted molar refractivity (Wildman–Crippen MR) is 115 cm³/mol. The quantitative estimate of drug-likeness (QED) is 0.442. The molecule has 1 heterocycles. The summed E-state index contributed by atoms with van der Waals surface area (Å²) in [7, 11) is 0. The number of hydrogen-bond donors (Lipinski definition) is 2. The van der Waals surface area contributed by atoms with Gasteiger partial charge >= 0.3 is 0 Å². The van der Waals surface area contributed by atoms with Crippen molar-refractivity contribution in [3.05, 3.63) is 71.8 Å². The Morgan fingerprint density at radius 3 is 2.50 bits per heavy atom. The number of hydrogen-bond acceptors (Lipinski definition) is 2. The van der Waals surface area contributed by atoms with Crippen LogP contribution >= 0.6 is 0 Å². The zero-order valence-corrected chi connectivity index (χ0v) is 16.6. The first-order chi connectivity index (χ1) is 13.8. The Kier molecular flexibility index (Phi) is 7.47. The third-order valence-electron chi connectivity index (χ3n) is 5.01. The van der Waals surface area contributed by atoms with E-state index in [-0.39, 0.29) is 5.91 Å². The van der Waals surface area contributed by atoms with Crippen molar-refractivity contribution in [3.8, 4) is 0 Å². The van der Waals surface area contributed by atoms with Crippen molar-refractivity contribution in [1.82, 2.24) is 15.5 Å². The molecule has 1 aliphatic rings. The molecular weight excluding hydrogens is 348 g/mol. The van der Waals surface area contributed by atoms with Gasteiger partial charge in [-0.2, -0.15) is 0 Å². The summed E-state index contributed by atoms with van der Waals surface area (Å²) in [5.41, 5.74) is 2.10. The van der Waals surface area contributed by atoms with Crippen molar-refractivity contribution in [1.29, 1.82) is 0 Å². The van der Waals surface area contributed by atoms with Gasteiger partial charge in [-0.3, -0.25) is 9.79 Å². The third-order valence-corrected chi connectivity index (χ3v) is 5.01. The molecular formula is C23H30N4O. The van der Waals surface area contributed by atoms with Crippen LogP contribution in [0.15, 0.2) is 65.7 Å².